The Kier molecular flexibility index (Phi) is 8.00. The van der Waals surface area contributed by atoms with Gasteiger partial charge in [0, 0.05) is 41.9 Å². The fourth-order valence-electron chi connectivity index (χ4n) is 3.63. The Morgan fingerprint density at radius 1 is 0.914 bits per heavy atom. The van der Waals surface area contributed by atoms with E-state index in [1.54, 1.807) is 0 Å². The van der Waals surface area contributed by atoms with Crippen LogP contribution in [0, 0.1) is 0 Å². The normalized spacial score (nSPS) is 11.1. The SMILES string of the molecule is CN(C)c1ccc(-n2c(CCC(=O)O)nnc2SC(c2ccc(Cl)cc2)c2ccc(Cl)cc2)cc1. The highest BCUT2D eigenvalue weighted by Crippen LogP contribution is 2.41. The number of anilines is 1. The van der Waals surface area contributed by atoms with Crippen LogP contribution in [0.1, 0.15) is 28.6 Å². The maximum Gasteiger partial charge on any atom is 0.303 e. The van der Waals surface area contributed by atoms with Crippen molar-refractivity contribution in [3.05, 3.63) is 99.8 Å². The summed E-state index contributed by atoms with van der Waals surface area (Å²) in [5.41, 5.74) is 4.02. The standard InChI is InChI=1S/C26H24Cl2N4O2S/c1-31(2)21-11-13-22(14-12-21)32-23(15-16-24(33)34)29-30-26(32)35-25(17-3-7-19(27)8-4-17)18-5-9-20(28)10-6-18/h3-14,25H,15-16H2,1-2H3,(H,33,34). The molecule has 6 nitrogen and oxygen atoms in total. The Morgan fingerprint density at radius 2 is 1.46 bits per heavy atom. The summed E-state index contributed by atoms with van der Waals surface area (Å²) in [4.78, 5) is 13.3. The monoisotopic (exact) mass is 526 g/mol. The third-order valence-electron chi connectivity index (χ3n) is 5.46. The van der Waals surface area contributed by atoms with Gasteiger partial charge in [-0.25, -0.2) is 0 Å². The lowest BCUT2D eigenvalue weighted by molar-refractivity contribution is -0.137. The Hall–Kier alpha value is -3.00. The molecule has 0 radical (unpaired) electrons. The van der Waals surface area contributed by atoms with E-state index in [9.17, 15) is 9.90 Å². The first-order chi connectivity index (χ1) is 16.8. The van der Waals surface area contributed by atoms with Crippen LogP contribution < -0.4 is 4.90 Å². The summed E-state index contributed by atoms with van der Waals surface area (Å²) in [7, 11) is 3.96. The zero-order valence-electron chi connectivity index (χ0n) is 19.2. The van der Waals surface area contributed by atoms with Gasteiger partial charge in [-0.05, 0) is 59.7 Å². The van der Waals surface area contributed by atoms with Crippen LogP contribution in [0.2, 0.25) is 10.0 Å². The van der Waals surface area contributed by atoms with Gasteiger partial charge < -0.3 is 10.0 Å². The van der Waals surface area contributed by atoms with E-state index in [0.29, 0.717) is 21.0 Å². The fourth-order valence-corrected chi connectivity index (χ4v) is 5.08. The molecule has 0 saturated heterocycles. The van der Waals surface area contributed by atoms with Crippen molar-refractivity contribution in [2.24, 2.45) is 0 Å². The molecule has 4 rings (SSSR count). The molecule has 1 heterocycles. The van der Waals surface area contributed by atoms with E-state index in [0.717, 1.165) is 22.5 Å². The van der Waals surface area contributed by atoms with Crippen LogP contribution in [0.15, 0.2) is 78.0 Å². The van der Waals surface area contributed by atoms with E-state index in [-0.39, 0.29) is 18.1 Å². The van der Waals surface area contributed by atoms with E-state index in [1.807, 2.05) is 96.4 Å². The molecule has 0 aliphatic carbocycles. The second-order valence-corrected chi connectivity index (χ2v) is 10.1. The molecular weight excluding hydrogens is 503 g/mol. The van der Waals surface area contributed by atoms with Crippen LogP contribution in [0.3, 0.4) is 0 Å². The lowest BCUT2D eigenvalue weighted by atomic mass is 10.0. The molecule has 0 aliphatic rings. The number of hydrogen-bond acceptors (Lipinski definition) is 5. The summed E-state index contributed by atoms with van der Waals surface area (Å²) in [5.74, 6) is -0.282. The fraction of sp³-hybridized carbons (Fsp3) is 0.192. The Morgan fingerprint density at radius 3 is 1.94 bits per heavy atom. The summed E-state index contributed by atoms with van der Waals surface area (Å²) >= 11 is 13.8. The molecule has 0 aliphatic heterocycles. The molecule has 180 valence electrons. The highest BCUT2D eigenvalue weighted by atomic mass is 35.5. The third-order valence-corrected chi connectivity index (χ3v) is 7.21. The van der Waals surface area contributed by atoms with Crippen molar-refractivity contribution in [2.45, 2.75) is 23.2 Å². The lowest BCUT2D eigenvalue weighted by Gasteiger charge is -2.19. The number of nitrogens with zero attached hydrogens (tertiary/aromatic N) is 4. The van der Waals surface area contributed by atoms with Gasteiger partial charge in [0.25, 0.3) is 0 Å². The van der Waals surface area contributed by atoms with Crippen molar-refractivity contribution >= 4 is 46.6 Å². The Balaban J connectivity index is 1.77. The van der Waals surface area contributed by atoms with Crippen molar-refractivity contribution in [3.8, 4) is 5.69 Å². The topological polar surface area (TPSA) is 71.2 Å². The molecule has 4 aromatic rings. The lowest BCUT2D eigenvalue weighted by Crippen LogP contribution is -2.10. The minimum Gasteiger partial charge on any atom is -0.481 e. The van der Waals surface area contributed by atoms with Gasteiger partial charge in [0.15, 0.2) is 5.16 Å². The van der Waals surface area contributed by atoms with Gasteiger partial charge in [0.05, 0.1) is 11.7 Å². The summed E-state index contributed by atoms with van der Waals surface area (Å²) in [6.45, 7) is 0. The number of aryl methyl sites for hydroxylation is 1. The van der Waals surface area contributed by atoms with Crippen molar-refractivity contribution in [2.75, 3.05) is 19.0 Å². The van der Waals surface area contributed by atoms with Crippen molar-refractivity contribution in [3.63, 3.8) is 0 Å². The molecule has 1 aromatic heterocycles. The predicted molar refractivity (Wildman–Crippen MR) is 142 cm³/mol. The van der Waals surface area contributed by atoms with Gasteiger partial charge in [-0.3, -0.25) is 9.36 Å². The second kappa shape index (κ2) is 11.2. The molecular formula is C26H24Cl2N4O2S. The molecule has 0 amide bonds. The molecule has 3 aromatic carbocycles. The smallest absolute Gasteiger partial charge is 0.303 e. The molecule has 9 heteroatoms. The van der Waals surface area contributed by atoms with E-state index in [4.69, 9.17) is 23.2 Å². The molecule has 0 saturated carbocycles. The van der Waals surface area contributed by atoms with Gasteiger partial charge in [0.2, 0.25) is 0 Å². The molecule has 0 atom stereocenters. The number of halogens is 2. The first-order valence-electron chi connectivity index (χ1n) is 10.9. The number of rotatable bonds is 9. The van der Waals surface area contributed by atoms with Crippen molar-refractivity contribution < 1.29 is 9.90 Å². The van der Waals surface area contributed by atoms with Gasteiger partial charge in [-0.15, -0.1) is 10.2 Å². The third kappa shape index (κ3) is 6.17. The largest absolute Gasteiger partial charge is 0.481 e. The number of thioether (sulfide) groups is 1. The van der Waals surface area contributed by atoms with Crippen LogP contribution in [0.5, 0.6) is 0 Å². The van der Waals surface area contributed by atoms with E-state index < -0.39 is 5.97 Å². The molecule has 0 spiro atoms. The summed E-state index contributed by atoms with van der Waals surface area (Å²) < 4.78 is 1.94. The van der Waals surface area contributed by atoms with Crippen LogP contribution in [-0.4, -0.2) is 39.9 Å². The van der Waals surface area contributed by atoms with Crippen LogP contribution in [-0.2, 0) is 11.2 Å². The number of carboxylic acids is 1. The minimum atomic E-state index is -0.878. The molecule has 1 N–H and O–H groups in total. The first-order valence-corrected chi connectivity index (χ1v) is 12.6. The number of carbonyl (C=O) groups is 1. The van der Waals surface area contributed by atoms with Gasteiger partial charge >= 0.3 is 5.97 Å². The second-order valence-electron chi connectivity index (χ2n) is 8.14. The van der Waals surface area contributed by atoms with Crippen molar-refractivity contribution in [1.82, 2.24) is 14.8 Å². The maximum absolute atomic E-state index is 11.3. The summed E-state index contributed by atoms with van der Waals surface area (Å²) in [6, 6.07) is 23.4. The van der Waals surface area contributed by atoms with Crippen LogP contribution in [0.25, 0.3) is 5.69 Å². The van der Waals surface area contributed by atoms with E-state index in [1.165, 1.54) is 11.8 Å². The Bertz CT molecular complexity index is 1250. The number of aliphatic carboxylic acids is 1. The average molecular weight is 527 g/mol. The number of carboxylic acid groups (broad SMARTS) is 1. The summed E-state index contributed by atoms with van der Waals surface area (Å²) in [6.07, 6.45) is 0.237. The van der Waals surface area contributed by atoms with E-state index >= 15 is 0 Å². The van der Waals surface area contributed by atoms with Gasteiger partial charge in [0.1, 0.15) is 5.82 Å². The molecule has 35 heavy (non-hydrogen) atoms. The van der Waals surface area contributed by atoms with E-state index in [2.05, 4.69) is 10.2 Å². The number of aromatic nitrogens is 3. The predicted octanol–water partition coefficient (Wildman–Crippen LogP) is 6.54. The first kappa shape index (κ1) is 25.1. The van der Waals surface area contributed by atoms with Gasteiger partial charge in [-0.1, -0.05) is 59.2 Å². The zero-order valence-corrected chi connectivity index (χ0v) is 21.6. The molecule has 0 fully saturated rings. The average Bonchev–Trinajstić information content (AvgIpc) is 3.25. The van der Waals surface area contributed by atoms with Gasteiger partial charge in [-0.2, -0.15) is 0 Å². The van der Waals surface area contributed by atoms with Crippen molar-refractivity contribution in [1.29, 1.82) is 0 Å². The maximum atomic E-state index is 11.3. The quantitative estimate of drug-likeness (QED) is 0.249. The number of benzene rings is 3. The van der Waals surface area contributed by atoms with Crippen LogP contribution >= 0.6 is 35.0 Å². The highest BCUT2D eigenvalue weighted by Gasteiger charge is 2.22. The molecule has 0 bridgehead atoms. The highest BCUT2D eigenvalue weighted by molar-refractivity contribution is 7.99. The summed E-state index contributed by atoms with van der Waals surface area (Å²) in [5, 5.41) is 20.0. The molecule has 0 unspecified atom stereocenters. The van der Waals surface area contributed by atoms with Crippen LogP contribution in [0.4, 0.5) is 5.69 Å². The zero-order chi connectivity index (χ0) is 24.9. The minimum absolute atomic E-state index is 0.0314. The number of hydrogen-bond donors (Lipinski definition) is 1. The Labute approximate surface area is 218 Å².